The molecule has 2 atom stereocenters. The third-order valence-electron chi connectivity index (χ3n) is 4.62. The first kappa shape index (κ1) is 11.1. The van der Waals surface area contributed by atoms with Crippen LogP contribution in [0.15, 0.2) is 42.5 Å². The Hall–Kier alpha value is -1.80. The van der Waals surface area contributed by atoms with Crippen LogP contribution < -0.4 is 10.1 Å². The summed E-state index contributed by atoms with van der Waals surface area (Å²) in [6.45, 7) is 2.29. The molecule has 2 aromatic rings. The molecule has 19 heavy (non-hydrogen) atoms. The molecule has 2 heteroatoms. The molecular formula is C17H17NO. The van der Waals surface area contributed by atoms with E-state index in [4.69, 9.17) is 4.74 Å². The number of hydrogen-bond donors (Lipinski definition) is 1. The third-order valence-corrected chi connectivity index (χ3v) is 4.62. The highest BCUT2D eigenvalue weighted by Crippen LogP contribution is 2.48. The predicted octanol–water partition coefficient (Wildman–Crippen LogP) is 3.16. The molecular weight excluding hydrogens is 234 g/mol. The summed E-state index contributed by atoms with van der Waals surface area (Å²) in [7, 11) is 1.73. The maximum Gasteiger partial charge on any atom is 0.119 e. The van der Waals surface area contributed by atoms with Gasteiger partial charge in [-0.3, -0.25) is 5.32 Å². The lowest BCUT2D eigenvalue weighted by molar-refractivity contribution is 0.388. The number of benzene rings is 2. The number of fused-ring (bicyclic) bond motifs is 7. The Morgan fingerprint density at radius 3 is 2.84 bits per heavy atom. The predicted molar refractivity (Wildman–Crippen MR) is 75.5 cm³/mol. The number of ether oxygens (including phenoxy) is 1. The maximum absolute atomic E-state index is 5.37. The van der Waals surface area contributed by atoms with Gasteiger partial charge < -0.3 is 4.74 Å². The minimum atomic E-state index is -0.0544. The minimum absolute atomic E-state index is 0.0544. The standard InChI is InChI=1S/C17H17NO/c1-17-14-6-4-3-5-11(14)9-16(18-17)13-10-12(19-2)7-8-15(13)17/h3-8,10,16,18H,9H2,1-2H3/t16-,17+/m0/s1. The van der Waals surface area contributed by atoms with Gasteiger partial charge in [0.1, 0.15) is 5.75 Å². The van der Waals surface area contributed by atoms with Crippen molar-refractivity contribution in [1.29, 1.82) is 0 Å². The zero-order valence-electron chi connectivity index (χ0n) is 11.2. The molecule has 96 valence electrons. The van der Waals surface area contributed by atoms with E-state index in [-0.39, 0.29) is 5.54 Å². The van der Waals surface area contributed by atoms with Gasteiger partial charge in [-0.25, -0.2) is 0 Å². The van der Waals surface area contributed by atoms with Gasteiger partial charge in [0.25, 0.3) is 0 Å². The van der Waals surface area contributed by atoms with Gasteiger partial charge in [-0.05, 0) is 47.7 Å². The van der Waals surface area contributed by atoms with Gasteiger partial charge in [0.15, 0.2) is 0 Å². The highest BCUT2D eigenvalue weighted by Gasteiger charge is 2.45. The topological polar surface area (TPSA) is 21.3 Å². The Labute approximate surface area is 113 Å². The van der Waals surface area contributed by atoms with Crippen molar-refractivity contribution < 1.29 is 4.74 Å². The van der Waals surface area contributed by atoms with Crippen LogP contribution in [0.3, 0.4) is 0 Å². The summed E-state index contributed by atoms with van der Waals surface area (Å²) >= 11 is 0. The maximum atomic E-state index is 5.37. The van der Waals surface area contributed by atoms with Crippen molar-refractivity contribution in [3.63, 3.8) is 0 Å². The summed E-state index contributed by atoms with van der Waals surface area (Å²) in [5, 5.41) is 3.78. The molecule has 0 fully saturated rings. The van der Waals surface area contributed by atoms with Gasteiger partial charge in [-0.15, -0.1) is 0 Å². The molecule has 4 rings (SSSR count). The molecule has 0 aromatic heterocycles. The van der Waals surface area contributed by atoms with Crippen LogP contribution in [-0.2, 0) is 12.0 Å². The number of nitrogens with one attached hydrogen (secondary N) is 1. The van der Waals surface area contributed by atoms with Crippen molar-refractivity contribution in [3.8, 4) is 5.75 Å². The van der Waals surface area contributed by atoms with Crippen molar-refractivity contribution in [2.24, 2.45) is 0 Å². The van der Waals surface area contributed by atoms with E-state index >= 15 is 0 Å². The normalized spacial score (nSPS) is 26.7. The van der Waals surface area contributed by atoms with Crippen LogP contribution in [0.25, 0.3) is 0 Å². The van der Waals surface area contributed by atoms with E-state index in [1.54, 1.807) is 7.11 Å². The molecule has 2 heterocycles. The zero-order valence-corrected chi connectivity index (χ0v) is 11.2. The lowest BCUT2D eigenvalue weighted by Gasteiger charge is -2.34. The Bertz CT molecular complexity index is 664. The SMILES string of the molecule is COc1ccc2c(c1)[C@@H]1Cc3ccccc3[C@@]2(C)N1. The van der Waals surface area contributed by atoms with E-state index in [9.17, 15) is 0 Å². The lowest BCUT2D eigenvalue weighted by Crippen LogP contribution is -2.41. The van der Waals surface area contributed by atoms with Crippen molar-refractivity contribution >= 4 is 0 Å². The average molecular weight is 251 g/mol. The Balaban J connectivity index is 1.97. The molecule has 2 aromatic carbocycles. The summed E-state index contributed by atoms with van der Waals surface area (Å²) in [4.78, 5) is 0. The first-order valence-corrected chi connectivity index (χ1v) is 6.77. The van der Waals surface area contributed by atoms with E-state index in [1.165, 1.54) is 22.3 Å². The minimum Gasteiger partial charge on any atom is -0.497 e. The van der Waals surface area contributed by atoms with Crippen LogP contribution in [0.2, 0.25) is 0 Å². The Morgan fingerprint density at radius 1 is 1.16 bits per heavy atom. The van der Waals surface area contributed by atoms with Crippen LogP contribution in [0.4, 0.5) is 0 Å². The fourth-order valence-corrected chi connectivity index (χ4v) is 3.71. The molecule has 0 saturated carbocycles. The first-order chi connectivity index (χ1) is 9.22. The van der Waals surface area contributed by atoms with E-state index in [2.05, 4.69) is 54.7 Å². The summed E-state index contributed by atoms with van der Waals surface area (Å²) in [5.41, 5.74) is 5.60. The van der Waals surface area contributed by atoms with Crippen LogP contribution in [0, 0.1) is 0 Å². The van der Waals surface area contributed by atoms with Crippen LogP contribution in [-0.4, -0.2) is 7.11 Å². The van der Waals surface area contributed by atoms with E-state index in [0.29, 0.717) is 6.04 Å². The van der Waals surface area contributed by atoms with Gasteiger partial charge in [-0.2, -0.15) is 0 Å². The highest BCUT2D eigenvalue weighted by atomic mass is 16.5. The highest BCUT2D eigenvalue weighted by molar-refractivity contribution is 5.56. The number of hydrogen-bond acceptors (Lipinski definition) is 2. The largest absolute Gasteiger partial charge is 0.497 e. The van der Waals surface area contributed by atoms with Crippen LogP contribution >= 0.6 is 0 Å². The van der Waals surface area contributed by atoms with Crippen molar-refractivity contribution in [2.75, 3.05) is 7.11 Å². The van der Waals surface area contributed by atoms with E-state index in [1.807, 2.05) is 0 Å². The lowest BCUT2D eigenvalue weighted by atomic mass is 9.82. The van der Waals surface area contributed by atoms with Crippen molar-refractivity contribution in [2.45, 2.75) is 24.9 Å². The summed E-state index contributed by atoms with van der Waals surface area (Å²) in [5.74, 6) is 0.945. The molecule has 2 aliphatic heterocycles. The second-order valence-electron chi connectivity index (χ2n) is 5.64. The van der Waals surface area contributed by atoms with E-state index < -0.39 is 0 Å². The van der Waals surface area contributed by atoms with Crippen molar-refractivity contribution in [1.82, 2.24) is 5.32 Å². The number of rotatable bonds is 1. The molecule has 2 aliphatic rings. The molecule has 0 aliphatic carbocycles. The molecule has 0 amide bonds. The molecule has 2 nitrogen and oxygen atoms in total. The third kappa shape index (κ3) is 1.35. The summed E-state index contributed by atoms with van der Waals surface area (Å²) in [6, 6.07) is 15.6. The monoisotopic (exact) mass is 251 g/mol. The molecule has 0 spiro atoms. The smallest absolute Gasteiger partial charge is 0.119 e. The number of methoxy groups -OCH3 is 1. The fourth-order valence-electron chi connectivity index (χ4n) is 3.71. The Kier molecular flexibility index (Phi) is 2.10. The first-order valence-electron chi connectivity index (χ1n) is 6.77. The molecule has 2 bridgehead atoms. The van der Waals surface area contributed by atoms with Crippen LogP contribution in [0.1, 0.15) is 35.2 Å². The second-order valence-corrected chi connectivity index (χ2v) is 5.64. The molecule has 0 radical (unpaired) electrons. The average Bonchev–Trinajstić information content (AvgIpc) is 2.68. The van der Waals surface area contributed by atoms with E-state index in [0.717, 1.165) is 12.2 Å². The zero-order chi connectivity index (χ0) is 13.0. The van der Waals surface area contributed by atoms with Gasteiger partial charge in [-0.1, -0.05) is 30.3 Å². The van der Waals surface area contributed by atoms with Crippen LogP contribution in [0.5, 0.6) is 5.75 Å². The van der Waals surface area contributed by atoms with Crippen molar-refractivity contribution in [3.05, 3.63) is 64.7 Å². The second kappa shape index (κ2) is 3.61. The van der Waals surface area contributed by atoms with Gasteiger partial charge in [0.2, 0.25) is 0 Å². The quantitative estimate of drug-likeness (QED) is 0.840. The molecule has 1 N–H and O–H groups in total. The van der Waals surface area contributed by atoms with Gasteiger partial charge in [0.05, 0.1) is 12.6 Å². The van der Waals surface area contributed by atoms with Gasteiger partial charge in [0, 0.05) is 6.04 Å². The summed E-state index contributed by atoms with van der Waals surface area (Å²) in [6.07, 6.45) is 1.06. The molecule has 0 saturated heterocycles. The fraction of sp³-hybridized carbons (Fsp3) is 0.294. The summed E-state index contributed by atoms with van der Waals surface area (Å²) < 4.78 is 5.37. The van der Waals surface area contributed by atoms with Gasteiger partial charge >= 0.3 is 0 Å². The molecule has 0 unspecified atom stereocenters. The Morgan fingerprint density at radius 2 is 2.00 bits per heavy atom.